The summed E-state index contributed by atoms with van der Waals surface area (Å²) in [5, 5.41) is 3.36. The van der Waals surface area contributed by atoms with Crippen LogP contribution in [0.1, 0.15) is 16.9 Å². The lowest BCUT2D eigenvalue weighted by Crippen LogP contribution is -2.49. The summed E-state index contributed by atoms with van der Waals surface area (Å²) in [6, 6.07) is 5.54. The fourth-order valence-electron chi connectivity index (χ4n) is 3.01. The highest BCUT2D eigenvalue weighted by atomic mass is 16.2. The first-order valence-electron chi connectivity index (χ1n) is 9.29. The van der Waals surface area contributed by atoms with Crippen LogP contribution in [-0.2, 0) is 0 Å². The third-order valence-corrected chi connectivity index (χ3v) is 4.49. The Balaban J connectivity index is 1.53. The molecule has 8 nitrogen and oxygen atoms in total. The summed E-state index contributed by atoms with van der Waals surface area (Å²) in [5.74, 6) is 0.687. The normalized spacial score (nSPS) is 14.5. The molecule has 27 heavy (non-hydrogen) atoms. The Kier molecular flexibility index (Phi) is 6.54. The first-order valence-corrected chi connectivity index (χ1v) is 9.29. The van der Waals surface area contributed by atoms with Gasteiger partial charge in [0.15, 0.2) is 0 Å². The van der Waals surface area contributed by atoms with Gasteiger partial charge in [-0.05, 0) is 45.3 Å². The van der Waals surface area contributed by atoms with E-state index in [9.17, 15) is 4.79 Å². The van der Waals surface area contributed by atoms with E-state index in [1.54, 1.807) is 24.7 Å². The zero-order valence-electron chi connectivity index (χ0n) is 16.0. The summed E-state index contributed by atoms with van der Waals surface area (Å²) in [4.78, 5) is 31.7. The lowest BCUT2D eigenvalue weighted by atomic mass is 10.2. The van der Waals surface area contributed by atoms with E-state index in [-0.39, 0.29) is 5.91 Å². The standard InChI is InChI=1S/C19H27N7O/c1-24(2)10-4-8-20-16-5-9-21-17(15-16)18(27)25-11-13-26(14-12-25)19-22-6-3-7-23-19/h3,5-7,9,15H,4,8,10-14H2,1-2H3,(H,20,21). The molecule has 3 heterocycles. The number of nitrogens with zero attached hydrogens (tertiary/aromatic N) is 6. The van der Waals surface area contributed by atoms with Gasteiger partial charge in [-0.25, -0.2) is 9.97 Å². The van der Waals surface area contributed by atoms with E-state index in [1.165, 1.54) is 0 Å². The van der Waals surface area contributed by atoms with Gasteiger partial charge in [0, 0.05) is 57.0 Å². The fourth-order valence-corrected chi connectivity index (χ4v) is 3.01. The second kappa shape index (κ2) is 9.27. The molecule has 0 atom stereocenters. The zero-order valence-corrected chi connectivity index (χ0v) is 16.0. The SMILES string of the molecule is CN(C)CCCNc1ccnc(C(=O)N2CCN(c3ncccn3)CC2)c1. The van der Waals surface area contributed by atoms with Gasteiger partial charge in [0.25, 0.3) is 5.91 Å². The largest absolute Gasteiger partial charge is 0.385 e. The number of hydrogen-bond acceptors (Lipinski definition) is 7. The summed E-state index contributed by atoms with van der Waals surface area (Å²) in [7, 11) is 4.12. The number of piperazine rings is 1. The molecule has 144 valence electrons. The Morgan fingerprint density at radius 3 is 2.56 bits per heavy atom. The van der Waals surface area contributed by atoms with E-state index >= 15 is 0 Å². The van der Waals surface area contributed by atoms with Crippen LogP contribution in [0.15, 0.2) is 36.8 Å². The van der Waals surface area contributed by atoms with Crippen LogP contribution in [0.3, 0.4) is 0 Å². The first kappa shape index (κ1) is 19.0. The van der Waals surface area contributed by atoms with Gasteiger partial charge in [-0.3, -0.25) is 9.78 Å². The van der Waals surface area contributed by atoms with Crippen LogP contribution in [0.5, 0.6) is 0 Å². The minimum Gasteiger partial charge on any atom is -0.385 e. The van der Waals surface area contributed by atoms with Crippen LogP contribution < -0.4 is 10.2 Å². The van der Waals surface area contributed by atoms with Crippen molar-refractivity contribution in [3.63, 3.8) is 0 Å². The number of hydrogen-bond donors (Lipinski definition) is 1. The molecule has 1 N–H and O–H groups in total. The second-order valence-corrected chi connectivity index (χ2v) is 6.84. The number of carbonyl (C=O) groups excluding carboxylic acids is 1. The minimum absolute atomic E-state index is 0.0272. The fraction of sp³-hybridized carbons (Fsp3) is 0.474. The highest BCUT2D eigenvalue weighted by molar-refractivity contribution is 5.93. The lowest BCUT2D eigenvalue weighted by molar-refractivity contribution is 0.0740. The highest BCUT2D eigenvalue weighted by Gasteiger charge is 2.24. The number of nitrogens with one attached hydrogen (secondary N) is 1. The Morgan fingerprint density at radius 2 is 1.85 bits per heavy atom. The number of carbonyl (C=O) groups is 1. The molecule has 8 heteroatoms. The van der Waals surface area contributed by atoms with E-state index in [0.29, 0.717) is 24.7 Å². The van der Waals surface area contributed by atoms with Crippen molar-refractivity contribution >= 4 is 17.5 Å². The maximum absolute atomic E-state index is 12.8. The molecule has 1 aliphatic heterocycles. The van der Waals surface area contributed by atoms with E-state index in [1.807, 2.05) is 17.0 Å². The zero-order chi connectivity index (χ0) is 19.1. The quantitative estimate of drug-likeness (QED) is 0.735. The van der Waals surface area contributed by atoms with Gasteiger partial charge in [-0.1, -0.05) is 0 Å². The molecule has 0 aliphatic carbocycles. The molecule has 1 amide bonds. The summed E-state index contributed by atoms with van der Waals surface area (Å²) in [6.07, 6.45) is 6.21. The molecule has 2 aromatic heterocycles. The Morgan fingerprint density at radius 1 is 1.11 bits per heavy atom. The Labute approximate surface area is 160 Å². The average Bonchev–Trinajstić information content (AvgIpc) is 2.71. The van der Waals surface area contributed by atoms with E-state index in [2.05, 4.69) is 44.2 Å². The third-order valence-electron chi connectivity index (χ3n) is 4.49. The maximum atomic E-state index is 12.8. The molecule has 1 saturated heterocycles. The summed E-state index contributed by atoms with van der Waals surface area (Å²) < 4.78 is 0. The molecule has 2 aromatic rings. The number of rotatable bonds is 7. The van der Waals surface area contributed by atoms with Crippen LogP contribution in [0.2, 0.25) is 0 Å². The van der Waals surface area contributed by atoms with Gasteiger partial charge in [-0.15, -0.1) is 0 Å². The molecule has 1 fully saturated rings. The second-order valence-electron chi connectivity index (χ2n) is 6.84. The van der Waals surface area contributed by atoms with Gasteiger partial charge in [0.05, 0.1) is 0 Å². The van der Waals surface area contributed by atoms with Crippen molar-refractivity contribution in [3.05, 3.63) is 42.5 Å². The van der Waals surface area contributed by atoms with Crippen LogP contribution >= 0.6 is 0 Å². The van der Waals surface area contributed by atoms with Crippen LogP contribution in [0, 0.1) is 0 Å². The predicted molar refractivity (Wildman–Crippen MR) is 106 cm³/mol. The number of anilines is 2. The van der Waals surface area contributed by atoms with Crippen LogP contribution in [0.4, 0.5) is 11.6 Å². The maximum Gasteiger partial charge on any atom is 0.272 e. The molecule has 0 radical (unpaired) electrons. The van der Waals surface area contributed by atoms with E-state index in [4.69, 9.17) is 0 Å². The molecule has 0 saturated carbocycles. The van der Waals surface area contributed by atoms with Crippen molar-refractivity contribution in [2.45, 2.75) is 6.42 Å². The molecule has 0 bridgehead atoms. The summed E-state index contributed by atoms with van der Waals surface area (Å²) >= 11 is 0. The minimum atomic E-state index is -0.0272. The highest BCUT2D eigenvalue weighted by Crippen LogP contribution is 2.14. The number of aromatic nitrogens is 3. The van der Waals surface area contributed by atoms with Crippen molar-refractivity contribution < 1.29 is 4.79 Å². The third kappa shape index (κ3) is 5.37. The average molecular weight is 369 g/mol. The van der Waals surface area contributed by atoms with Crippen LogP contribution in [-0.4, -0.2) is 84.0 Å². The molecule has 0 unspecified atom stereocenters. The Bertz CT molecular complexity index is 730. The van der Waals surface area contributed by atoms with Gasteiger partial charge in [0.1, 0.15) is 5.69 Å². The van der Waals surface area contributed by atoms with Crippen molar-refractivity contribution in [1.29, 1.82) is 0 Å². The van der Waals surface area contributed by atoms with Crippen molar-refractivity contribution in [3.8, 4) is 0 Å². The van der Waals surface area contributed by atoms with Crippen molar-refractivity contribution in [2.24, 2.45) is 0 Å². The molecule has 0 spiro atoms. The lowest BCUT2D eigenvalue weighted by Gasteiger charge is -2.34. The molecule has 1 aliphatic rings. The molecule has 0 aromatic carbocycles. The smallest absolute Gasteiger partial charge is 0.272 e. The van der Waals surface area contributed by atoms with E-state index < -0.39 is 0 Å². The summed E-state index contributed by atoms with van der Waals surface area (Å²) in [5.41, 5.74) is 1.42. The Hall–Kier alpha value is -2.74. The number of pyridine rings is 1. The van der Waals surface area contributed by atoms with Crippen molar-refractivity contribution in [1.82, 2.24) is 24.8 Å². The van der Waals surface area contributed by atoms with Gasteiger partial charge >= 0.3 is 0 Å². The van der Waals surface area contributed by atoms with Crippen LogP contribution in [0.25, 0.3) is 0 Å². The molecular weight excluding hydrogens is 342 g/mol. The van der Waals surface area contributed by atoms with Gasteiger partial charge in [-0.2, -0.15) is 0 Å². The van der Waals surface area contributed by atoms with Gasteiger partial charge in [0.2, 0.25) is 5.95 Å². The van der Waals surface area contributed by atoms with E-state index in [0.717, 1.165) is 38.3 Å². The predicted octanol–water partition coefficient (Wildman–Crippen LogP) is 1.20. The molecular formula is C19H27N7O. The molecule has 3 rings (SSSR count). The summed E-state index contributed by atoms with van der Waals surface area (Å²) in [6.45, 7) is 4.61. The first-order chi connectivity index (χ1) is 13.1. The topological polar surface area (TPSA) is 77.5 Å². The number of amides is 1. The van der Waals surface area contributed by atoms with Crippen molar-refractivity contribution in [2.75, 3.05) is 63.6 Å². The van der Waals surface area contributed by atoms with Gasteiger partial charge < -0.3 is 20.0 Å². The monoisotopic (exact) mass is 369 g/mol.